The smallest absolute Gasteiger partial charge is 0.339 e. The van der Waals surface area contributed by atoms with Crippen molar-refractivity contribution in [1.82, 2.24) is 4.57 Å². The Kier molecular flexibility index (Phi) is 5.77. The van der Waals surface area contributed by atoms with Crippen LogP contribution in [0.1, 0.15) is 21.6 Å². The van der Waals surface area contributed by atoms with Crippen LogP contribution in [0.5, 0.6) is 0 Å². The number of benzene rings is 2. The largest absolute Gasteiger partial charge is 0.478 e. The maximum absolute atomic E-state index is 11.6. The number of rotatable bonds is 4. The summed E-state index contributed by atoms with van der Waals surface area (Å²) in [6, 6.07) is 17.1. The summed E-state index contributed by atoms with van der Waals surface area (Å²) in [5.74, 6) is -1.02. The summed E-state index contributed by atoms with van der Waals surface area (Å²) in [5, 5.41) is 10.2. The van der Waals surface area contributed by atoms with Crippen LogP contribution < -0.4 is 5.73 Å². The van der Waals surface area contributed by atoms with E-state index in [4.69, 9.17) is 17.3 Å². The third kappa shape index (κ3) is 3.65. The van der Waals surface area contributed by atoms with Gasteiger partial charge in [0.15, 0.2) is 0 Å². The average Bonchev–Trinajstić information content (AvgIpc) is 2.81. The number of hydrogen-bond acceptors (Lipinski definition) is 2. The summed E-state index contributed by atoms with van der Waals surface area (Å²) in [7, 11) is 0. The second-order valence-electron chi connectivity index (χ2n) is 5.61. The standard InChI is InChI=1S/C19H17ClN2O2.ClH/c1-12-16(19(23)24)17(21)18(14-5-3-2-4-6-14)22(12)11-13-7-9-15(20)10-8-13;/h2-10H,11,21H2,1H3,(H,23,24);1H. The highest BCUT2D eigenvalue weighted by atomic mass is 35.5. The first-order chi connectivity index (χ1) is 11.5. The predicted molar refractivity (Wildman–Crippen MR) is 104 cm³/mol. The normalized spacial score (nSPS) is 10.3. The highest BCUT2D eigenvalue weighted by Crippen LogP contribution is 2.34. The number of nitrogens with two attached hydrogens (primary N) is 1. The van der Waals surface area contributed by atoms with E-state index in [2.05, 4.69) is 0 Å². The second-order valence-corrected chi connectivity index (χ2v) is 6.04. The third-order valence-corrected chi connectivity index (χ3v) is 4.33. The number of anilines is 1. The number of aromatic nitrogens is 1. The molecule has 4 nitrogen and oxygen atoms in total. The fraction of sp³-hybridized carbons (Fsp3) is 0.105. The molecule has 0 spiro atoms. The summed E-state index contributed by atoms with van der Waals surface area (Å²) < 4.78 is 1.94. The zero-order valence-electron chi connectivity index (χ0n) is 13.6. The summed E-state index contributed by atoms with van der Waals surface area (Å²) in [6.45, 7) is 2.30. The van der Waals surface area contributed by atoms with E-state index < -0.39 is 5.97 Å². The van der Waals surface area contributed by atoms with Gasteiger partial charge < -0.3 is 15.4 Å². The van der Waals surface area contributed by atoms with Crippen molar-refractivity contribution in [3.63, 3.8) is 0 Å². The number of carbonyl (C=O) groups is 1. The van der Waals surface area contributed by atoms with Gasteiger partial charge in [-0.2, -0.15) is 0 Å². The molecular formula is C19H18Cl2N2O2. The minimum atomic E-state index is -1.02. The van der Waals surface area contributed by atoms with Crippen LogP contribution in [0.2, 0.25) is 5.02 Å². The van der Waals surface area contributed by atoms with Crippen molar-refractivity contribution in [1.29, 1.82) is 0 Å². The zero-order chi connectivity index (χ0) is 17.3. The lowest BCUT2D eigenvalue weighted by atomic mass is 10.1. The predicted octanol–water partition coefficient (Wildman–Crippen LogP) is 4.87. The number of halogens is 2. The molecule has 0 unspecified atom stereocenters. The van der Waals surface area contributed by atoms with Crippen molar-refractivity contribution in [2.75, 3.05) is 5.73 Å². The summed E-state index contributed by atoms with van der Waals surface area (Å²) in [5.41, 5.74) is 9.90. The number of aromatic carboxylic acids is 1. The Hall–Kier alpha value is -2.43. The van der Waals surface area contributed by atoms with Crippen LogP contribution in [-0.2, 0) is 6.54 Å². The van der Waals surface area contributed by atoms with Crippen LogP contribution >= 0.6 is 24.0 Å². The maximum Gasteiger partial charge on any atom is 0.339 e. The van der Waals surface area contributed by atoms with Gasteiger partial charge in [-0.25, -0.2) is 4.79 Å². The molecule has 25 heavy (non-hydrogen) atoms. The van der Waals surface area contributed by atoms with E-state index in [1.807, 2.05) is 59.2 Å². The SMILES string of the molecule is Cc1c(C(=O)O)c(N)c(-c2ccccc2)n1Cc1ccc(Cl)cc1.Cl. The molecule has 2 aromatic carbocycles. The topological polar surface area (TPSA) is 68.2 Å². The lowest BCUT2D eigenvalue weighted by Crippen LogP contribution is -2.05. The molecule has 3 N–H and O–H groups in total. The Morgan fingerprint density at radius 1 is 1.12 bits per heavy atom. The van der Waals surface area contributed by atoms with E-state index in [-0.39, 0.29) is 18.0 Å². The third-order valence-electron chi connectivity index (χ3n) is 4.08. The number of carboxylic acid groups (broad SMARTS) is 1. The first-order valence-corrected chi connectivity index (χ1v) is 7.88. The summed E-state index contributed by atoms with van der Waals surface area (Å²) in [6.07, 6.45) is 0. The Morgan fingerprint density at radius 2 is 1.72 bits per heavy atom. The molecule has 0 atom stereocenters. The van der Waals surface area contributed by atoms with Gasteiger partial charge in [0.05, 0.1) is 11.4 Å². The van der Waals surface area contributed by atoms with Crippen molar-refractivity contribution in [2.45, 2.75) is 13.5 Å². The van der Waals surface area contributed by atoms with E-state index >= 15 is 0 Å². The molecule has 3 aromatic rings. The fourth-order valence-corrected chi connectivity index (χ4v) is 3.03. The highest BCUT2D eigenvalue weighted by Gasteiger charge is 2.23. The van der Waals surface area contributed by atoms with E-state index in [1.54, 1.807) is 6.92 Å². The molecule has 1 aromatic heterocycles. The minimum absolute atomic E-state index is 0. The van der Waals surface area contributed by atoms with Crippen molar-refractivity contribution < 1.29 is 9.90 Å². The van der Waals surface area contributed by atoms with Crippen LogP contribution in [0.25, 0.3) is 11.3 Å². The van der Waals surface area contributed by atoms with E-state index in [9.17, 15) is 9.90 Å². The molecule has 3 rings (SSSR count). The fourth-order valence-electron chi connectivity index (χ4n) is 2.91. The summed E-state index contributed by atoms with van der Waals surface area (Å²) in [4.78, 5) is 11.6. The van der Waals surface area contributed by atoms with Crippen LogP contribution in [0.3, 0.4) is 0 Å². The summed E-state index contributed by atoms with van der Waals surface area (Å²) >= 11 is 5.94. The van der Waals surface area contributed by atoms with Crippen LogP contribution in [0.15, 0.2) is 54.6 Å². The molecule has 0 amide bonds. The molecule has 0 saturated carbocycles. The molecule has 130 valence electrons. The lowest BCUT2D eigenvalue weighted by molar-refractivity contribution is 0.0697. The van der Waals surface area contributed by atoms with Crippen molar-refractivity contribution >= 4 is 35.7 Å². The van der Waals surface area contributed by atoms with E-state index in [1.165, 1.54) is 0 Å². The Labute approximate surface area is 157 Å². The van der Waals surface area contributed by atoms with Gasteiger partial charge in [-0.3, -0.25) is 0 Å². The number of hydrogen-bond donors (Lipinski definition) is 2. The van der Waals surface area contributed by atoms with Crippen LogP contribution in [-0.4, -0.2) is 15.6 Å². The zero-order valence-corrected chi connectivity index (χ0v) is 15.1. The first-order valence-electron chi connectivity index (χ1n) is 7.50. The Bertz CT molecular complexity index is 888. The molecule has 0 bridgehead atoms. The quantitative estimate of drug-likeness (QED) is 0.682. The van der Waals surface area contributed by atoms with Gasteiger partial charge in [0.1, 0.15) is 5.56 Å². The molecule has 0 radical (unpaired) electrons. The van der Waals surface area contributed by atoms with Gasteiger partial charge in [0.25, 0.3) is 0 Å². The monoisotopic (exact) mass is 376 g/mol. The maximum atomic E-state index is 11.6. The number of nitrogen functional groups attached to an aromatic ring is 1. The second kappa shape index (κ2) is 7.64. The molecular weight excluding hydrogens is 359 g/mol. The van der Waals surface area contributed by atoms with Gasteiger partial charge in [-0.15, -0.1) is 12.4 Å². The molecule has 6 heteroatoms. The molecule has 0 aliphatic carbocycles. The van der Waals surface area contributed by atoms with Gasteiger partial charge in [0, 0.05) is 22.8 Å². The molecule has 0 aliphatic rings. The van der Waals surface area contributed by atoms with Gasteiger partial charge in [0.2, 0.25) is 0 Å². The van der Waals surface area contributed by atoms with Gasteiger partial charge in [-0.05, 0) is 24.6 Å². The molecule has 0 saturated heterocycles. The van der Waals surface area contributed by atoms with Crippen LogP contribution in [0.4, 0.5) is 5.69 Å². The Morgan fingerprint density at radius 3 is 2.28 bits per heavy atom. The highest BCUT2D eigenvalue weighted by molar-refractivity contribution is 6.30. The minimum Gasteiger partial charge on any atom is -0.478 e. The van der Waals surface area contributed by atoms with Crippen molar-refractivity contribution in [3.05, 3.63) is 76.4 Å². The Balaban J connectivity index is 0.00000225. The molecule has 1 heterocycles. The number of carboxylic acids is 1. The van der Waals surface area contributed by atoms with Crippen LogP contribution in [0, 0.1) is 6.92 Å². The molecule has 0 aliphatic heterocycles. The van der Waals surface area contributed by atoms with Crippen molar-refractivity contribution in [2.24, 2.45) is 0 Å². The first kappa shape index (κ1) is 18.9. The van der Waals surface area contributed by atoms with E-state index in [0.717, 1.165) is 16.8 Å². The lowest BCUT2D eigenvalue weighted by Gasteiger charge is -2.13. The molecule has 0 fully saturated rings. The van der Waals surface area contributed by atoms with Gasteiger partial charge in [-0.1, -0.05) is 54.1 Å². The number of nitrogens with zero attached hydrogens (tertiary/aromatic N) is 1. The van der Waals surface area contributed by atoms with E-state index in [0.29, 0.717) is 22.9 Å². The van der Waals surface area contributed by atoms with Gasteiger partial charge >= 0.3 is 5.97 Å². The average molecular weight is 377 g/mol. The van der Waals surface area contributed by atoms with Crippen molar-refractivity contribution in [3.8, 4) is 11.3 Å².